The van der Waals surface area contributed by atoms with Crippen LogP contribution in [0.5, 0.6) is 0 Å². The van der Waals surface area contributed by atoms with Gasteiger partial charge in [0, 0.05) is 30.1 Å². The Kier molecular flexibility index (Phi) is 5.68. The summed E-state index contributed by atoms with van der Waals surface area (Å²) >= 11 is 1.60. The Labute approximate surface area is 158 Å². The molecule has 0 aliphatic carbocycles. The lowest BCUT2D eigenvalue weighted by molar-refractivity contribution is -0.118. The van der Waals surface area contributed by atoms with Gasteiger partial charge in [0.15, 0.2) is 5.13 Å². The summed E-state index contributed by atoms with van der Waals surface area (Å²) < 4.78 is 0. The van der Waals surface area contributed by atoms with E-state index >= 15 is 0 Å². The molecule has 2 aromatic carbocycles. The van der Waals surface area contributed by atoms with E-state index in [1.54, 1.807) is 11.3 Å². The third-order valence-corrected chi connectivity index (χ3v) is 5.06. The van der Waals surface area contributed by atoms with E-state index in [1.165, 1.54) is 23.6 Å². The SMILES string of the molecule is CC(=O)NCCc1ccc(-c2csc(Nc3ccc(C)c(C)c3)n2)cc1. The highest BCUT2D eigenvalue weighted by molar-refractivity contribution is 7.14. The van der Waals surface area contributed by atoms with Crippen LogP contribution in [0, 0.1) is 13.8 Å². The number of hydrogen-bond donors (Lipinski definition) is 2. The van der Waals surface area contributed by atoms with Crippen LogP contribution in [0.15, 0.2) is 47.8 Å². The molecule has 0 radical (unpaired) electrons. The van der Waals surface area contributed by atoms with E-state index in [0.29, 0.717) is 6.54 Å². The number of benzene rings is 2. The molecule has 5 heteroatoms. The van der Waals surface area contributed by atoms with Crippen LogP contribution in [0.3, 0.4) is 0 Å². The molecular weight excluding hydrogens is 342 g/mol. The van der Waals surface area contributed by atoms with E-state index in [9.17, 15) is 4.79 Å². The Bertz CT molecular complexity index is 900. The maximum atomic E-state index is 10.9. The molecule has 2 N–H and O–H groups in total. The molecule has 0 unspecified atom stereocenters. The van der Waals surface area contributed by atoms with Crippen molar-refractivity contribution in [2.45, 2.75) is 27.2 Å². The molecule has 1 aromatic heterocycles. The van der Waals surface area contributed by atoms with Gasteiger partial charge in [0.25, 0.3) is 0 Å². The van der Waals surface area contributed by atoms with Crippen molar-refractivity contribution in [2.24, 2.45) is 0 Å². The highest BCUT2D eigenvalue weighted by Gasteiger charge is 2.06. The zero-order valence-electron chi connectivity index (χ0n) is 15.3. The topological polar surface area (TPSA) is 54.0 Å². The monoisotopic (exact) mass is 365 g/mol. The van der Waals surface area contributed by atoms with Gasteiger partial charge in [-0.05, 0) is 49.1 Å². The average Bonchev–Trinajstić information content (AvgIpc) is 3.07. The quantitative estimate of drug-likeness (QED) is 0.656. The number of thiazole rings is 1. The van der Waals surface area contributed by atoms with Gasteiger partial charge in [-0.1, -0.05) is 30.3 Å². The fourth-order valence-electron chi connectivity index (χ4n) is 2.63. The number of nitrogens with one attached hydrogen (secondary N) is 2. The number of hydrogen-bond acceptors (Lipinski definition) is 4. The first kappa shape index (κ1) is 18.1. The molecule has 4 nitrogen and oxygen atoms in total. The van der Waals surface area contributed by atoms with Crippen LogP contribution < -0.4 is 10.6 Å². The van der Waals surface area contributed by atoms with Crippen molar-refractivity contribution >= 4 is 28.1 Å². The van der Waals surface area contributed by atoms with Crippen molar-refractivity contribution < 1.29 is 4.79 Å². The van der Waals surface area contributed by atoms with Gasteiger partial charge in [0.2, 0.25) is 5.91 Å². The number of amides is 1. The fraction of sp³-hybridized carbons (Fsp3) is 0.238. The van der Waals surface area contributed by atoms with E-state index in [-0.39, 0.29) is 5.91 Å². The van der Waals surface area contributed by atoms with Crippen LogP contribution in [0.2, 0.25) is 0 Å². The molecular formula is C21H23N3OS. The van der Waals surface area contributed by atoms with Crippen molar-refractivity contribution in [3.63, 3.8) is 0 Å². The Morgan fingerprint density at radius 3 is 2.54 bits per heavy atom. The summed E-state index contributed by atoms with van der Waals surface area (Å²) in [6.45, 7) is 6.42. The average molecular weight is 366 g/mol. The summed E-state index contributed by atoms with van der Waals surface area (Å²) in [6, 6.07) is 14.7. The minimum atomic E-state index is 0.00731. The zero-order chi connectivity index (χ0) is 18.5. The first-order valence-corrected chi connectivity index (χ1v) is 9.53. The normalized spacial score (nSPS) is 10.6. The molecule has 1 amide bonds. The van der Waals surface area contributed by atoms with E-state index in [0.717, 1.165) is 28.5 Å². The van der Waals surface area contributed by atoms with E-state index < -0.39 is 0 Å². The summed E-state index contributed by atoms with van der Waals surface area (Å²) in [5.41, 5.74) is 6.87. The second-order valence-corrected chi connectivity index (χ2v) is 7.25. The van der Waals surface area contributed by atoms with Crippen molar-refractivity contribution in [1.29, 1.82) is 0 Å². The fourth-order valence-corrected chi connectivity index (χ4v) is 3.37. The standard InChI is InChI=1S/C21H23N3OS/c1-14-4-9-19(12-15(14)2)23-21-24-20(13-26-21)18-7-5-17(6-8-18)10-11-22-16(3)25/h4-9,12-13H,10-11H2,1-3H3,(H,22,25)(H,23,24). The zero-order valence-corrected chi connectivity index (χ0v) is 16.1. The molecule has 3 aromatic rings. The first-order valence-electron chi connectivity index (χ1n) is 8.65. The number of nitrogens with zero attached hydrogens (tertiary/aromatic N) is 1. The summed E-state index contributed by atoms with van der Waals surface area (Å²) in [6.07, 6.45) is 0.830. The lowest BCUT2D eigenvalue weighted by Gasteiger charge is -2.06. The van der Waals surface area contributed by atoms with Gasteiger partial charge in [0.05, 0.1) is 5.69 Å². The van der Waals surface area contributed by atoms with Gasteiger partial charge in [-0.3, -0.25) is 4.79 Å². The molecule has 0 aliphatic heterocycles. The molecule has 134 valence electrons. The largest absolute Gasteiger partial charge is 0.356 e. The van der Waals surface area contributed by atoms with Crippen molar-refractivity contribution in [3.8, 4) is 11.3 Å². The van der Waals surface area contributed by atoms with Crippen LogP contribution >= 0.6 is 11.3 Å². The van der Waals surface area contributed by atoms with Crippen LogP contribution in [-0.2, 0) is 11.2 Å². The minimum absolute atomic E-state index is 0.00731. The molecule has 0 aliphatic rings. The first-order chi connectivity index (χ1) is 12.5. The minimum Gasteiger partial charge on any atom is -0.356 e. The van der Waals surface area contributed by atoms with E-state index in [4.69, 9.17) is 4.98 Å². The predicted molar refractivity (Wildman–Crippen MR) is 109 cm³/mol. The summed E-state index contributed by atoms with van der Waals surface area (Å²) in [4.78, 5) is 15.6. The van der Waals surface area contributed by atoms with Crippen LogP contribution in [0.4, 0.5) is 10.8 Å². The number of carbonyl (C=O) groups is 1. The maximum absolute atomic E-state index is 10.9. The summed E-state index contributed by atoms with van der Waals surface area (Å²) in [5, 5.41) is 9.15. The van der Waals surface area contributed by atoms with Crippen molar-refractivity contribution in [3.05, 3.63) is 64.5 Å². The Balaban J connectivity index is 1.65. The summed E-state index contributed by atoms with van der Waals surface area (Å²) in [5.74, 6) is 0.00731. The number of rotatable bonds is 6. The predicted octanol–water partition coefficient (Wildman–Crippen LogP) is 4.85. The van der Waals surface area contributed by atoms with Gasteiger partial charge in [-0.25, -0.2) is 4.98 Å². The molecule has 0 spiro atoms. The van der Waals surface area contributed by atoms with Gasteiger partial charge in [0.1, 0.15) is 0 Å². The van der Waals surface area contributed by atoms with Gasteiger partial charge in [-0.2, -0.15) is 0 Å². The van der Waals surface area contributed by atoms with Crippen LogP contribution in [0.1, 0.15) is 23.6 Å². The number of anilines is 2. The van der Waals surface area contributed by atoms with Gasteiger partial charge in [-0.15, -0.1) is 11.3 Å². The maximum Gasteiger partial charge on any atom is 0.216 e. The Morgan fingerprint density at radius 2 is 1.85 bits per heavy atom. The smallest absolute Gasteiger partial charge is 0.216 e. The molecule has 3 rings (SSSR count). The third kappa shape index (κ3) is 4.70. The molecule has 0 fully saturated rings. The van der Waals surface area contributed by atoms with Crippen LogP contribution in [0.25, 0.3) is 11.3 Å². The third-order valence-electron chi connectivity index (χ3n) is 4.30. The van der Waals surface area contributed by atoms with Crippen LogP contribution in [-0.4, -0.2) is 17.4 Å². The molecule has 26 heavy (non-hydrogen) atoms. The molecule has 1 heterocycles. The second kappa shape index (κ2) is 8.15. The second-order valence-electron chi connectivity index (χ2n) is 6.39. The highest BCUT2D eigenvalue weighted by Crippen LogP contribution is 2.28. The number of carbonyl (C=O) groups excluding carboxylic acids is 1. The van der Waals surface area contributed by atoms with Gasteiger partial charge >= 0.3 is 0 Å². The lowest BCUT2D eigenvalue weighted by Crippen LogP contribution is -2.22. The van der Waals surface area contributed by atoms with E-state index in [1.807, 2.05) is 0 Å². The molecule has 0 saturated heterocycles. The summed E-state index contributed by atoms with van der Waals surface area (Å²) in [7, 11) is 0. The van der Waals surface area contributed by atoms with Crippen molar-refractivity contribution in [2.75, 3.05) is 11.9 Å². The Morgan fingerprint density at radius 1 is 1.08 bits per heavy atom. The highest BCUT2D eigenvalue weighted by atomic mass is 32.1. The number of aryl methyl sites for hydroxylation is 2. The van der Waals surface area contributed by atoms with Crippen molar-refractivity contribution in [1.82, 2.24) is 10.3 Å². The van der Waals surface area contributed by atoms with E-state index in [2.05, 4.69) is 72.3 Å². The molecule has 0 saturated carbocycles. The van der Waals surface area contributed by atoms with Gasteiger partial charge < -0.3 is 10.6 Å². The number of aromatic nitrogens is 1. The molecule has 0 bridgehead atoms. The lowest BCUT2D eigenvalue weighted by atomic mass is 10.1. The molecule has 0 atom stereocenters. The Hall–Kier alpha value is -2.66.